The Morgan fingerprint density at radius 3 is 2.56 bits per heavy atom. The quantitative estimate of drug-likeness (QED) is 0.756. The third-order valence-electron chi connectivity index (χ3n) is 3.77. The van der Waals surface area contributed by atoms with Gasteiger partial charge >= 0.3 is 0 Å². The number of Topliss-reactive ketones (excluding diaryl/α,β-unsaturated/α-hetero) is 1. The normalized spacial score (nSPS) is 15.9. The number of halogens is 1. The van der Waals surface area contributed by atoms with Gasteiger partial charge < -0.3 is 4.90 Å². The van der Waals surface area contributed by atoms with Crippen LogP contribution in [0.1, 0.15) is 49.9 Å². The van der Waals surface area contributed by atoms with Gasteiger partial charge in [0.1, 0.15) is 0 Å². The molecular formula is C15H20ClNO. The first kappa shape index (κ1) is 13.4. The topological polar surface area (TPSA) is 20.3 Å². The first-order valence-corrected chi connectivity index (χ1v) is 7.08. The highest BCUT2D eigenvalue weighted by Crippen LogP contribution is 2.30. The maximum atomic E-state index is 11.4. The Balaban J connectivity index is 2.26. The molecule has 0 aliphatic heterocycles. The lowest BCUT2D eigenvalue weighted by atomic mass is 10.1. The van der Waals surface area contributed by atoms with E-state index in [0.717, 1.165) is 12.2 Å². The van der Waals surface area contributed by atoms with Gasteiger partial charge in [-0.15, -0.1) is 0 Å². The fourth-order valence-corrected chi connectivity index (χ4v) is 3.14. The summed E-state index contributed by atoms with van der Waals surface area (Å²) in [5.74, 6) is 0.0236. The molecular weight excluding hydrogens is 246 g/mol. The lowest BCUT2D eigenvalue weighted by molar-refractivity contribution is 0.101. The first-order valence-electron chi connectivity index (χ1n) is 6.70. The van der Waals surface area contributed by atoms with Crippen LogP contribution in [0.15, 0.2) is 18.2 Å². The van der Waals surface area contributed by atoms with Gasteiger partial charge in [-0.05, 0) is 44.9 Å². The predicted molar refractivity (Wildman–Crippen MR) is 76.7 cm³/mol. The smallest absolute Gasteiger partial charge is 0.161 e. The van der Waals surface area contributed by atoms with Crippen LogP contribution in [0.5, 0.6) is 0 Å². The van der Waals surface area contributed by atoms with Crippen molar-refractivity contribution in [3.8, 4) is 0 Å². The van der Waals surface area contributed by atoms with E-state index in [4.69, 9.17) is 11.6 Å². The van der Waals surface area contributed by atoms with Crippen molar-refractivity contribution >= 4 is 23.1 Å². The number of hydrogen-bond acceptors (Lipinski definition) is 2. The van der Waals surface area contributed by atoms with E-state index in [1.165, 1.54) is 25.7 Å². The molecule has 0 atom stereocenters. The molecule has 98 valence electrons. The number of hydrogen-bond donors (Lipinski definition) is 0. The van der Waals surface area contributed by atoms with E-state index in [2.05, 4.69) is 11.8 Å². The Morgan fingerprint density at radius 2 is 2.06 bits per heavy atom. The minimum absolute atomic E-state index is 0.0236. The average Bonchev–Trinajstić information content (AvgIpc) is 2.83. The summed E-state index contributed by atoms with van der Waals surface area (Å²) in [6.45, 7) is 4.71. The molecule has 1 fully saturated rings. The largest absolute Gasteiger partial charge is 0.369 e. The zero-order valence-electron chi connectivity index (χ0n) is 11.1. The zero-order valence-corrected chi connectivity index (χ0v) is 11.8. The van der Waals surface area contributed by atoms with Crippen molar-refractivity contribution in [3.63, 3.8) is 0 Å². The third kappa shape index (κ3) is 2.69. The van der Waals surface area contributed by atoms with Gasteiger partial charge in [0.25, 0.3) is 0 Å². The Morgan fingerprint density at radius 1 is 1.39 bits per heavy atom. The maximum absolute atomic E-state index is 11.4. The van der Waals surface area contributed by atoms with Gasteiger partial charge in [0.15, 0.2) is 5.78 Å². The average molecular weight is 266 g/mol. The number of ketones is 1. The van der Waals surface area contributed by atoms with Gasteiger partial charge in [-0.25, -0.2) is 0 Å². The van der Waals surface area contributed by atoms with Crippen molar-refractivity contribution < 1.29 is 4.79 Å². The Labute approximate surface area is 114 Å². The molecule has 3 heteroatoms. The third-order valence-corrected chi connectivity index (χ3v) is 4.08. The van der Waals surface area contributed by atoms with E-state index in [-0.39, 0.29) is 5.78 Å². The molecule has 1 aromatic carbocycles. The van der Waals surface area contributed by atoms with Crippen LogP contribution in [0.2, 0.25) is 5.02 Å². The molecule has 0 bridgehead atoms. The highest BCUT2D eigenvalue weighted by molar-refractivity contribution is 6.34. The SMILES string of the molecule is CCN(c1ccc(C(C)=O)c(Cl)c1)C1CCCC1. The van der Waals surface area contributed by atoms with Crippen molar-refractivity contribution in [2.24, 2.45) is 0 Å². The van der Waals surface area contributed by atoms with E-state index in [1.807, 2.05) is 18.2 Å². The molecule has 0 N–H and O–H groups in total. The molecule has 0 amide bonds. The van der Waals surface area contributed by atoms with E-state index >= 15 is 0 Å². The number of rotatable bonds is 4. The molecule has 1 aliphatic rings. The second-order valence-electron chi connectivity index (χ2n) is 4.94. The maximum Gasteiger partial charge on any atom is 0.161 e. The molecule has 2 rings (SSSR count). The predicted octanol–water partition coefficient (Wildman–Crippen LogP) is 4.31. The first-order chi connectivity index (χ1) is 8.63. The molecule has 0 unspecified atom stereocenters. The Bertz CT molecular complexity index is 438. The van der Waals surface area contributed by atoms with Crippen molar-refractivity contribution in [1.82, 2.24) is 0 Å². The second kappa shape index (κ2) is 5.75. The van der Waals surface area contributed by atoms with Crippen molar-refractivity contribution in [2.45, 2.75) is 45.6 Å². The summed E-state index contributed by atoms with van der Waals surface area (Å²) < 4.78 is 0. The molecule has 0 saturated heterocycles. The molecule has 1 saturated carbocycles. The van der Waals surface area contributed by atoms with Crippen LogP contribution in [0, 0.1) is 0 Å². The van der Waals surface area contributed by atoms with Gasteiger partial charge in [-0.3, -0.25) is 4.79 Å². The highest BCUT2D eigenvalue weighted by atomic mass is 35.5. The number of benzene rings is 1. The monoisotopic (exact) mass is 265 g/mol. The molecule has 0 spiro atoms. The van der Waals surface area contributed by atoms with Crippen LogP contribution in [0.25, 0.3) is 0 Å². The van der Waals surface area contributed by atoms with E-state index < -0.39 is 0 Å². The Kier molecular flexibility index (Phi) is 4.28. The van der Waals surface area contributed by atoms with Gasteiger partial charge in [-0.1, -0.05) is 24.4 Å². The van der Waals surface area contributed by atoms with Crippen LogP contribution in [0.3, 0.4) is 0 Å². The summed E-state index contributed by atoms with van der Waals surface area (Å²) in [5.41, 5.74) is 1.75. The number of nitrogens with zero attached hydrogens (tertiary/aromatic N) is 1. The van der Waals surface area contributed by atoms with E-state index in [1.54, 1.807) is 6.92 Å². The lowest BCUT2D eigenvalue weighted by Gasteiger charge is -2.30. The van der Waals surface area contributed by atoms with Crippen LogP contribution in [-0.4, -0.2) is 18.4 Å². The summed E-state index contributed by atoms with van der Waals surface area (Å²) >= 11 is 6.18. The highest BCUT2D eigenvalue weighted by Gasteiger charge is 2.22. The summed E-state index contributed by atoms with van der Waals surface area (Å²) in [5, 5.41) is 0.566. The number of carbonyl (C=O) groups is 1. The van der Waals surface area contributed by atoms with Crippen molar-refractivity contribution in [3.05, 3.63) is 28.8 Å². The van der Waals surface area contributed by atoms with Gasteiger partial charge in [0.2, 0.25) is 0 Å². The van der Waals surface area contributed by atoms with Crippen LogP contribution >= 0.6 is 11.6 Å². The molecule has 0 heterocycles. The summed E-state index contributed by atoms with van der Waals surface area (Å²) in [7, 11) is 0. The summed E-state index contributed by atoms with van der Waals surface area (Å²) in [6.07, 6.45) is 5.17. The number of anilines is 1. The fraction of sp³-hybridized carbons (Fsp3) is 0.533. The fourth-order valence-electron chi connectivity index (χ4n) is 2.84. The molecule has 0 radical (unpaired) electrons. The van der Waals surface area contributed by atoms with Crippen LogP contribution in [-0.2, 0) is 0 Å². The summed E-state index contributed by atoms with van der Waals surface area (Å²) in [6, 6.07) is 6.43. The molecule has 18 heavy (non-hydrogen) atoms. The van der Waals surface area contributed by atoms with Crippen LogP contribution < -0.4 is 4.90 Å². The molecule has 2 nitrogen and oxygen atoms in total. The van der Waals surface area contributed by atoms with Crippen LogP contribution in [0.4, 0.5) is 5.69 Å². The van der Waals surface area contributed by atoms with E-state index in [0.29, 0.717) is 16.6 Å². The number of carbonyl (C=O) groups excluding carboxylic acids is 1. The minimum Gasteiger partial charge on any atom is -0.369 e. The lowest BCUT2D eigenvalue weighted by Crippen LogP contribution is -2.32. The standard InChI is InChI=1S/C15H20ClNO/c1-3-17(12-6-4-5-7-12)13-8-9-14(11(2)18)15(16)10-13/h8-10,12H,3-7H2,1-2H3. The van der Waals surface area contributed by atoms with Gasteiger partial charge in [0.05, 0.1) is 5.02 Å². The van der Waals surface area contributed by atoms with Crippen molar-refractivity contribution in [1.29, 1.82) is 0 Å². The Hall–Kier alpha value is -1.02. The summed E-state index contributed by atoms with van der Waals surface area (Å²) in [4.78, 5) is 13.8. The molecule has 1 aromatic rings. The van der Waals surface area contributed by atoms with Crippen molar-refractivity contribution in [2.75, 3.05) is 11.4 Å². The minimum atomic E-state index is 0.0236. The second-order valence-corrected chi connectivity index (χ2v) is 5.35. The van der Waals surface area contributed by atoms with Gasteiger partial charge in [0, 0.05) is 23.8 Å². The van der Waals surface area contributed by atoms with E-state index in [9.17, 15) is 4.79 Å². The van der Waals surface area contributed by atoms with Gasteiger partial charge in [-0.2, -0.15) is 0 Å². The zero-order chi connectivity index (χ0) is 13.1. The molecule has 0 aromatic heterocycles. The molecule has 1 aliphatic carbocycles.